The van der Waals surface area contributed by atoms with Gasteiger partial charge >= 0.3 is 0 Å². The molecule has 1 aliphatic rings. The SMILES string of the molecule is CCc1ccc([C@@H](c2sc3nc(CC)nn3c2O)N2CCC(C(N)=O)CC2)cc1. The molecule has 0 bridgehead atoms. The fourth-order valence-corrected chi connectivity index (χ4v) is 5.16. The first-order chi connectivity index (χ1) is 14.0. The zero-order valence-electron chi connectivity index (χ0n) is 16.8. The fourth-order valence-electron chi connectivity index (χ4n) is 4.02. The molecule has 7 nitrogen and oxygen atoms in total. The Balaban J connectivity index is 1.73. The molecule has 0 saturated carbocycles. The molecule has 0 spiro atoms. The molecular formula is C21H27N5O2S. The minimum Gasteiger partial charge on any atom is -0.492 e. The van der Waals surface area contributed by atoms with Crippen molar-refractivity contribution in [3.05, 3.63) is 46.1 Å². The van der Waals surface area contributed by atoms with Gasteiger partial charge in [-0.3, -0.25) is 9.69 Å². The lowest BCUT2D eigenvalue weighted by Gasteiger charge is -2.36. The predicted molar refractivity (Wildman–Crippen MR) is 113 cm³/mol. The highest BCUT2D eigenvalue weighted by atomic mass is 32.1. The predicted octanol–water partition coefficient (Wildman–Crippen LogP) is 2.91. The molecule has 3 aromatic rings. The molecule has 1 saturated heterocycles. The zero-order valence-corrected chi connectivity index (χ0v) is 17.7. The number of aromatic hydroxyl groups is 1. The van der Waals surface area contributed by atoms with E-state index in [4.69, 9.17) is 5.73 Å². The van der Waals surface area contributed by atoms with Gasteiger partial charge in [-0.15, -0.1) is 5.10 Å². The maximum absolute atomic E-state index is 11.6. The van der Waals surface area contributed by atoms with Crippen molar-refractivity contribution < 1.29 is 9.90 Å². The van der Waals surface area contributed by atoms with Gasteiger partial charge in [0.2, 0.25) is 16.7 Å². The number of carbonyl (C=O) groups excluding carboxylic acids is 1. The van der Waals surface area contributed by atoms with Gasteiger partial charge in [-0.2, -0.15) is 4.52 Å². The fraction of sp³-hybridized carbons (Fsp3) is 0.476. The number of thiazole rings is 1. The maximum Gasteiger partial charge on any atom is 0.230 e. The molecule has 1 fully saturated rings. The number of amides is 1. The quantitative estimate of drug-likeness (QED) is 0.648. The molecule has 154 valence electrons. The van der Waals surface area contributed by atoms with E-state index in [0.29, 0.717) is 4.96 Å². The molecule has 29 heavy (non-hydrogen) atoms. The van der Waals surface area contributed by atoms with Gasteiger partial charge in [0.25, 0.3) is 0 Å². The summed E-state index contributed by atoms with van der Waals surface area (Å²) in [6.45, 7) is 5.64. The van der Waals surface area contributed by atoms with E-state index in [1.165, 1.54) is 16.9 Å². The number of piperidine rings is 1. The summed E-state index contributed by atoms with van der Waals surface area (Å²) < 4.78 is 1.54. The molecule has 1 aliphatic heterocycles. The molecule has 8 heteroatoms. The summed E-state index contributed by atoms with van der Waals surface area (Å²) in [5.41, 5.74) is 7.91. The lowest BCUT2D eigenvalue weighted by Crippen LogP contribution is -2.40. The summed E-state index contributed by atoms with van der Waals surface area (Å²) in [6.07, 6.45) is 3.18. The smallest absolute Gasteiger partial charge is 0.230 e. The van der Waals surface area contributed by atoms with E-state index in [0.717, 1.165) is 55.0 Å². The molecule has 0 radical (unpaired) electrons. The van der Waals surface area contributed by atoms with E-state index >= 15 is 0 Å². The molecule has 1 amide bonds. The van der Waals surface area contributed by atoms with Crippen LogP contribution in [0.5, 0.6) is 5.88 Å². The van der Waals surface area contributed by atoms with Gasteiger partial charge in [-0.1, -0.05) is 49.4 Å². The van der Waals surface area contributed by atoms with Crippen LogP contribution in [0.1, 0.15) is 54.6 Å². The zero-order chi connectivity index (χ0) is 20.5. The number of benzene rings is 1. The average Bonchev–Trinajstić information content (AvgIpc) is 3.28. The van der Waals surface area contributed by atoms with Gasteiger partial charge in [0.05, 0.1) is 10.9 Å². The van der Waals surface area contributed by atoms with Crippen LogP contribution in [0.4, 0.5) is 0 Å². The number of hydrogen-bond acceptors (Lipinski definition) is 6. The summed E-state index contributed by atoms with van der Waals surface area (Å²) in [6, 6.07) is 8.45. The molecule has 3 heterocycles. The lowest BCUT2D eigenvalue weighted by molar-refractivity contribution is -0.123. The Labute approximate surface area is 174 Å². The highest BCUT2D eigenvalue weighted by molar-refractivity contribution is 7.17. The van der Waals surface area contributed by atoms with Crippen molar-refractivity contribution in [2.24, 2.45) is 11.7 Å². The normalized spacial score (nSPS) is 17.0. The van der Waals surface area contributed by atoms with Crippen LogP contribution in [0.3, 0.4) is 0 Å². The minimum absolute atomic E-state index is 0.0719. The Bertz CT molecular complexity index is 1000. The third-order valence-electron chi connectivity index (χ3n) is 5.81. The second-order valence-corrected chi connectivity index (χ2v) is 8.59. The number of primary amides is 1. The van der Waals surface area contributed by atoms with Crippen LogP contribution in [-0.2, 0) is 17.6 Å². The van der Waals surface area contributed by atoms with Gasteiger partial charge in [0, 0.05) is 12.3 Å². The molecule has 0 aliphatic carbocycles. The van der Waals surface area contributed by atoms with Crippen LogP contribution < -0.4 is 5.73 Å². The molecule has 2 aromatic heterocycles. The Hall–Kier alpha value is -2.45. The van der Waals surface area contributed by atoms with E-state index in [9.17, 15) is 9.90 Å². The number of aryl methyl sites for hydroxylation is 2. The maximum atomic E-state index is 11.6. The number of aromatic nitrogens is 3. The number of fused-ring (bicyclic) bond motifs is 1. The van der Waals surface area contributed by atoms with Gasteiger partial charge in [0.15, 0.2) is 5.82 Å². The van der Waals surface area contributed by atoms with Crippen LogP contribution in [0, 0.1) is 5.92 Å². The van der Waals surface area contributed by atoms with E-state index in [-0.39, 0.29) is 23.7 Å². The van der Waals surface area contributed by atoms with Crippen molar-refractivity contribution in [3.8, 4) is 5.88 Å². The van der Waals surface area contributed by atoms with Crippen molar-refractivity contribution in [3.63, 3.8) is 0 Å². The minimum atomic E-state index is -0.220. The van der Waals surface area contributed by atoms with Gasteiger partial charge in [0.1, 0.15) is 0 Å². The first-order valence-corrected chi connectivity index (χ1v) is 11.0. The molecule has 3 N–H and O–H groups in total. The summed E-state index contributed by atoms with van der Waals surface area (Å²) in [5, 5.41) is 15.4. The van der Waals surface area contributed by atoms with Gasteiger partial charge in [-0.25, -0.2) is 4.98 Å². The summed E-state index contributed by atoms with van der Waals surface area (Å²) in [7, 11) is 0. The van der Waals surface area contributed by atoms with E-state index in [1.54, 1.807) is 4.52 Å². The molecule has 1 aromatic carbocycles. The van der Waals surface area contributed by atoms with Crippen molar-refractivity contribution >= 4 is 22.2 Å². The van der Waals surface area contributed by atoms with Crippen LogP contribution in [0.25, 0.3) is 4.96 Å². The van der Waals surface area contributed by atoms with Crippen LogP contribution >= 0.6 is 11.3 Å². The second-order valence-electron chi connectivity index (χ2n) is 7.58. The summed E-state index contributed by atoms with van der Waals surface area (Å²) in [5.74, 6) is 0.586. The van der Waals surface area contributed by atoms with Crippen molar-refractivity contribution in [2.75, 3.05) is 13.1 Å². The number of nitrogens with zero attached hydrogens (tertiary/aromatic N) is 4. The van der Waals surface area contributed by atoms with Crippen molar-refractivity contribution in [1.29, 1.82) is 0 Å². The van der Waals surface area contributed by atoms with E-state index in [1.807, 2.05) is 6.92 Å². The third kappa shape index (κ3) is 3.74. The van der Waals surface area contributed by atoms with Crippen LogP contribution in [0.15, 0.2) is 24.3 Å². The first kappa shape index (κ1) is 19.8. The molecule has 4 rings (SSSR count). The number of carbonyl (C=O) groups is 1. The Morgan fingerprint density at radius 1 is 1.24 bits per heavy atom. The summed E-state index contributed by atoms with van der Waals surface area (Å²) in [4.78, 5) is 20.0. The highest BCUT2D eigenvalue weighted by Crippen LogP contribution is 2.41. The summed E-state index contributed by atoms with van der Waals surface area (Å²) >= 11 is 1.48. The second kappa shape index (κ2) is 8.12. The number of hydrogen-bond donors (Lipinski definition) is 2. The van der Waals surface area contributed by atoms with Crippen LogP contribution in [0.2, 0.25) is 0 Å². The molecular weight excluding hydrogens is 386 g/mol. The Morgan fingerprint density at radius 3 is 2.48 bits per heavy atom. The monoisotopic (exact) mass is 413 g/mol. The van der Waals surface area contributed by atoms with Crippen molar-refractivity contribution in [1.82, 2.24) is 19.5 Å². The average molecular weight is 414 g/mol. The van der Waals surface area contributed by atoms with E-state index < -0.39 is 0 Å². The highest BCUT2D eigenvalue weighted by Gasteiger charge is 2.33. The first-order valence-electron chi connectivity index (χ1n) is 10.2. The van der Waals surface area contributed by atoms with E-state index in [2.05, 4.69) is 46.2 Å². The topological polar surface area (TPSA) is 96.8 Å². The lowest BCUT2D eigenvalue weighted by atomic mass is 9.93. The van der Waals surface area contributed by atoms with Gasteiger partial charge < -0.3 is 10.8 Å². The number of likely N-dealkylation sites (tertiary alicyclic amines) is 1. The third-order valence-corrected chi connectivity index (χ3v) is 6.88. The standard InChI is InChI=1S/C21H27N5O2S/c1-3-13-5-7-14(8-6-13)17(25-11-9-15(10-12-25)19(22)27)18-20(28)26-21(29-18)23-16(4-2)24-26/h5-8,15,17,28H,3-4,9-12H2,1-2H3,(H2,22,27)/t17-/m0/s1. The largest absolute Gasteiger partial charge is 0.492 e. The van der Waals surface area contributed by atoms with Crippen LogP contribution in [-0.4, -0.2) is 43.6 Å². The van der Waals surface area contributed by atoms with Crippen molar-refractivity contribution in [2.45, 2.75) is 45.6 Å². The molecule has 1 atom stereocenters. The Kier molecular flexibility index (Phi) is 5.56. The van der Waals surface area contributed by atoms with Gasteiger partial charge in [-0.05, 0) is 43.5 Å². The number of nitrogens with two attached hydrogens (primary N) is 1. The molecule has 0 unspecified atom stereocenters. The Morgan fingerprint density at radius 2 is 1.93 bits per heavy atom. The number of rotatable bonds is 6.